The predicted octanol–water partition coefficient (Wildman–Crippen LogP) is 1.61. The smallest absolute Gasteiger partial charge is 0.123 e. The summed E-state index contributed by atoms with van der Waals surface area (Å²) in [6.45, 7) is 3.55. The van der Waals surface area contributed by atoms with Crippen molar-refractivity contribution in [3.05, 3.63) is 35.6 Å². The molecule has 3 N–H and O–H groups in total. The highest BCUT2D eigenvalue weighted by Crippen LogP contribution is 2.19. The number of hydrogen-bond acceptors (Lipinski definition) is 3. The van der Waals surface area contributed by atoms with E-state index >= 15 is 0 Å². The molecular weight excluding hydrogens is 221 g/mol. The van der Waals surface area contributed by atoms with Gasteiger partial charge in [-0.1, -0.05) is 19.1 Å². The lowest BCUT2D eigenvalue weighted by Crippen LogP contribution is -2.52. The summed E-state index contributed by atoms with van der Waals surface area (Å²) in [5.74, 6) is -0.271. The van der Waals surface area contributed by atoms with Crippen LogP contribution in [0.1, 0.15) is 31.9 Å². The maximum absolute atomic E-state index is 12.8. The average molecular weight is 241 g/mol. The van der Waals surface area contributed by atoms with Crippen molar-refractivity contribution in [2.45, 2.75) is 31.8 Å². The SMILES string of the molecule is CCC(CO)(CO)NC(C)c1ccc(F)cc1. The summed E-state index contributed by atoms with van der Waals surface area (Å²) >= 11 is 0. The van der Waals surface area contributed by atoms with Gasteiger partial charge in [0.1, 0.15) is 5.82 Å². The van der Waals surface area contributed by atoms with Gasteiger partial charge in [-0.2, -0.15) is 0 Å². The van der Waals surface area contributed by atoms with Gasteiger partial charge in [0.25, 0.3) is 0 Å². The van der Waals surface area contributed by atoms with E-state index in [2.05, 4.69) is 5.32 Å². The van der Waals surface area contributed by atoms with Crippen LogP contribution in [0.5, 0.6) is 0 Å². The van der Waals surface area contributed by atoms with Crippen LogP contribution in [0, 0.1) is 5.82 Å². The zero-order valence-corrected chi connectivity index (χ0v) is 10.3. The third-order valence-corrected chi connectivity index (χ3v) is 3.17. The summed E-state index contributed by atoms with van der Waals surface area (Å²) in [5.41, 5.74) is 0.236. The molecule has 1 rings (SSSR count). The number of aliphatic hydroxyl groups is 2. The zero-order chi connectivity index (χ0) is 12.9. The van der Waals surface area contributed by atoms with Crippen molar-refractivity contribution in [3.8, 4) is 0 Å². The van der Waals surface area contributed by atoms with Gasteiger partial charge in [-0.05, 0) is 31.0 Å². The van der Waals surface area contributed by atoms with Crippen LogP contribution < -0.4 is 5.32 Å². The van der Waals surface area contributed by atoms with Crippen LogP contribution in [0.3, 0.4) is 0 Å². The first-order chi connectivity index (χ1) is 8.06. The molecule has 0 saturated heterocycles. The first kappa shape index (κ1) is 14.1. The lowest BCUT2D eigenvalue weighted by Gasteiger charge is -2.33. The Balaban J connectivity index is 2.76. The Morgan fingerprint density at radius 2 is 1.76 bits per heavy atom. The first-order valence-electron chi connectivity index (χ1n) is 5.82. The van der Waals surface area contributed by atoms with Crippen molar-refractivity contribution in [1.29, 1.82) is 0 Å². The summed E-state index contributed by atoms with van der Waals surface area (Å²) < 4.78 is 12.8. The third-order valence-electron chi connectivity index (χ3n) is 3.17. The number of halogens is 1. The van der Waals surface area contributed by atoms with E-state index in [-0.39, 0.29) is 25.1 Å². The summed E-state index contributed by atoms with van der Waals surface area (Å²) in [6.07, 6.45) is 0.617. The van der Waals surface area contributed by atoms with Gasteiger partial charge in [0.2, 0.25) is 0 Å². The van der Waals surface area contributed by atoms with Crippen molar-refractivity contribution in [2.24, 2.45) is 0 Å². The van der Waals surface area contributed by atoms with E-state index in [0.717, 1.165) is 5.56 Å². The third kappa shape index (κ3) is 3.49. The second kappa shape index (κ2) is 6.10. The van der Waals surface area contributed by atoms with Crippen molar-refractivity contribution < 1.29 is 14.6 Å². The van der Waals surface area contributed by atoms with Crippen LogP contribution in [0.4, 0.5) is 4.39 Å². The minimum atomic E-state index is -0.687. The van der Waals surface area contributed by atoms with E-state index in [1.165, 1.54) is 12.1 Å². The van der Waals surface area contributed by atoms with Gasteiger partial charge in [0.15, 0.2) is 0 Å². The molecule has 1 atom stereocenters. The van der Waals surface area contributed by atoms with Crippen LogP contribution in [0.2, 0.25) is 0 Å². The van der Waals surface area contributed by atoms with Crippen LogP contribution in [-0.2, 0) is 0 Å². The Morgan fingerprint density at radius 3 is 2.18 bits per heavy atom. The van der Waals surface area contributed by atoms with E-state index in [4.69, 9.17) is 0 Å². The summed E-state index contributed by atoms with van der Waals surface area (Å²) in [4.78, 5) is 0. The lowest BCUT2D eigenvalue weighted by molar-refractivity contribution is 0.0793. The van der Waals surface area contributed by atoms with E-state index in [1.54, 1.807) is 12.1 Å². The number of hydrogen-bond donors (Lipinski definition) is 3. The molecule has 0 amide bonds. The van der Waals surface area contributed by atoms with Crippen LogP contribution in [0.15, 0.2) is 24.3 Å². The number of rotatable bonds is 6. The van der Waals surface area contributed by atoms with E-state index in [9.17, 15) is 14.6 Å². The molecule has 4 heteroatoms. The number of nitrogens with one attached hydrogen (secondary N) is 1. The molecule has 0 saturated carbocycles. The van der Waals surface area contributed by atoms with Crippen molar-refractivity contribution in [2.75, 3.05) is 13.2 Å². The highest BCUT2D eigenvalue weighted by molar-refractivity contribution is 5.19. The first-order valence-corrected chi connectivity index (χ1v) is 5.82. The fourth-order valence-electron chi connectivity index (χ4n) is 1.76. The van der Waals surface area contributed by atoms with Crippen LogP contribution >= 0.6 is 0 Å². The van der Waals surface area contributed by atoms with Crippen LogP contribution in [-0.4, -0.2) is 29.0 Å². The minimum Gasteiger partial charge on any atom is -0.394 e. The second-order valence-corrected chi connectivity index (χ2v) is 4.37. The molecule has 0 aliphatic rings. The molecule has 1 unspecified atom stereocenters. The molecule has 96 valence electrons. The summed E-state index contributed by atoms with van der Waals surface area (Å²) in [7, 11) is 0. The molecule has 0 fully saturated rings. The van der Waals surface area contributed by atoms with Crippen molar-refractivity contribution in [3.63, 3.8) is 0 Å². The minimum absolute atomic E-state index is 0.0603. The topological polar surface area (TPSA) is 52.5 Å². The largest absolute Gasteiger partial charge is 0.394 e. The van der Waals surface area contributed by atoms with Crippen molar-refractivity contribution in [1.82, 2.24) is 5.32 Å². The molecular formula is C13H20FNO2. The van der Waals surface area contributed by atoms with Gasteiger partial charge in [-0.15, -0.1) is 0 Å². The zero-order valence-electron chi connectivity index (χ0n) is 10.3. The van der Waals surface area contributed by atoms with Gasteiger partial charge in [-0.25, -0.2) is 4.39 Å². The standard InChI is InChI=1S/C13H20FNO2/c1-3-13(8-16,9-17)15-10(2)11-4-6-12(14)7-5-11/h4-7,10,15-17H,3,8-9H2,1-2H3. The second-order valence-electron chi connectivity index (χ2n) is 4.37. The maximum atomic E-state index is 12.8. The molecule has 0 aromatic heterocycles. The van der Waals surface area contributed by atoms with Crippen molar-refractivity contribution >= 4 is 0 Å². The number of benzene rings is 1. The highest BCUT2D eigenvalue weighted by atomic mass is 19.1. The molecule has 0 bridgehead atoms. The molecule has 0 radical (unpaired) electrons. The Morgan fingerprint density at radius 1 is 1.24 bits per heavy atom. The molecule has 0 aliphatic carbocycles. The Kier molecular flexibility index (Phi) is 5.05. The maximum Gasteiger partial charge on any atom is 0.123 e. The molecule has 1 aromatic carbocycles. The quantitative estimate of drug-likeness (QED) is 0.709. The Hall–Kier alpha value is -0.970. The van der Waals surface area contributed by atoms with E-state index in [0.29, 0.717) is 6.42 Å². The van der Waals surface area contributed by atoms with Gasteiger partial charge >= 0.3 is 0 Å². The summed E-state index contributed by atoms with van der Waals surface area (Å²) in [5, 5.41) is 21.9. The van der Waals surface area contributed by atoms with Crippen LogP contribution in [0.25, 0.3) is 0 Å². The predicted molar refractivity (Wildman–Crippen MR) is 65.1 cm³/mol. The molecule has 0 aliphatic heterocycles. The normalized spacial score (nSPS) is 13.7. The monoisotopic (exact) mass is 241 g/mol. The Labute approximate surface area is 101 Å². The van der Waals surface area contributed by atoms with Gasteiger partial charge in [-0.3, -0.25) is 0 Å². The summed E-state index contributed by atoms with van der Waals surface area (Å²) in [6, 6.07) is 6.14. The van der Waals surface area contributed by atoms with E-state index < -0.39 is 5.54 Å². The van der Waals surface area contributed by atoms with E-state index in [1.807, 2.05) is 13.8 Å². The fourth-order valence-corrected chi connectivity index (χ4v) is 1.76. The molecule has 3 nitrogen and oxygen atoms in total. The molecule has 17 heavy (non-hydrogen) atoms. The fraction of sp³-hybridized carbons (Fsp3) is 0.538. The highest BCUT2D eigenvalue weighted by Gasteiger charge is 2.28. The lowest BCUT2D eigenvalue weighted by atomic mass is 9.95. The average Bonchev–Trinajstić information content (AvgIpc) is 2.37. The number of aliphatic hydroxyl groups excluding tert-OH is 2. The molecule has 0 spiro atoms. The molecule has 1 aromatic rings. The molecule has 0 heterocycles. The van der Waals surface area contributed by atoms with Gasteiger partial charge in [0, 0.05) is 6.04 Å². The Bertz CT molecular complexity index is 328. The van der Waals surface area contributed by atoms with Gasteiger partial charge in [0.05, 0.1) is 18.8 Å². The van der Waals surface area contributed by atoms with Gasteiger partial charge < -0.3 is 15.5 Å².